The van der Waals surface area contributed by atoms with Crippen molar-refractivity contribution in [3.8, 4) is 11.1 Å². The number of rotatable bonds is 7. The number of hydrogen-bond acceptors (Lipinski definition) is 3. The van der Waals surface area contributed by atoms with Crippen LogP contribution in [0.2, 0.25) is 0 Å². The van der Waals surface area contributed by atoms with Gasteiger partial charge in [0.05, 0.1) is 5.56 Å². The number of aliphatic carboxylic acids is 1. The molecule has 2 aromatic carbocycles. The van der Waals surface area contributed by atoms with Crippen molar-refractivity contribution in [3.05, 3.63) is 59.0 Å². The summed E-state index contributed by atoms with van der Waals surface area (Å²) in [6.07, 6.45) is -3.70. The number of nitrogens with one attached hydrogen (secondary N) is 1. The lowest BCUT2D eigenvalue weighted by Crippen LogP contribution is -2.14. The molecule has 0 aliphatic heterocycles. The average Bonchev–Trinajstić information content (AvgIpc) is 3.03. The highest BCUT2D eigenvalue weighted by molar-refractivity contribution is 7.19. The van der Waals surface area contributed by atoms with E-state index in [0.29, 0.717) is 25.1 Å². The predicted octanol–water partition coefficient (Wildman–Crippen LogP) is 5.54. The first-order valence-corrected chi connectivity index (χ1v) is 9.28. The van der Waals surface area contributed by atoms with Gasteiger partial charge >= 0.3 is 12.1 Å². The number of halogens is 3. The van der Waals surface area contributed by atoms with Gasteiger partial charge in [0.1, 0.15) is 0 Å². The molecule has 1 aromatic heterocycles. The zero-order chi connectivity index (χ0) is 19.4. The summed E-state index contributed by atoms with van der Waals surface area (Å²) in [4.78, 5) is 11.6. The van der Waals surface area contributed by atoms with E-state index in [9.17, 15) is 18.0 Å². The molecule has 3 rings (SSSR count). The van der Waals surface area contributed by atoms with E-state index in [2.05, 4.69) is 5.32 Å². The molecule has 0 atom stereocenters. The van der Waals surface area contributed by atoms with Crippen LogP contribution >= 0.6 is 11.3 Å². The zero-order valence-electron chi connectivity index (χ0n) is 14.3. The van der Waals surface area contributed by atoms with Gasteiger partial charge in [-0.15, -0.1) is 11.3 Å². The van der Waals surface area contributed by atoms with Crippen LogP contribution in [0.25, 0.3) is 21.2 Å². The van der Waals surface area contributed by atoms with Crippen molar-refractivity contribution in [2.24, 2.45) is 0 Å². The minimum atomic E-state index is -4.37. The monoisotopic (exact) mass is 393 g/mol. The summed E-state index contributed by atoms with van der Waals surface area (Å²) in [6, 6.07) is 13.0. The maximum absolute atomic E-state index is 13.0. The van der Waals surface area contributed by atoms with Gasteiger partial charge in [-0.25, -0.2) is 0 Å². The van der Waals surface area contributed by atoms with Crippen molar-refractivity contribution in [2.75, 3.05) is 6.54 Å². The Morgan fingerprint density at radius 2 is 1.89 bits per heavy atom. The lowest BCUT2D eigenvalue weighted by Gasteiger charge is -2.09. The summed E-state index contributed by atoms with van der Waals surface area (Å²) in [7, 11) is 0. The van der Waals surface area contributed by atoms with Crippen LogP contribution in [0.3, 0.4) is 0 Å². The molecule has 0 fully saturated rings. The average molecular weight is 393 g/mol. The van der Waals surface area contributed by atoms with Crippen LogP contribution in [0.1, 0.15) is 23.3 Å². The van der Waals surface area contributed by atoms with Crippen LogP contribution in [-0.2, 0) is 17.5 Å². The van der Waals surface area contributed by atoms with Gasteiger partial charge in [-0.05, 0) is 47.7 Å². The smallest absolute Gasteiger partial charge is 0.416 e. The lowest BCUT2D eigenvalue weighted by molar-refractivity contribution is -0.138. The van der Waals surface area contributed by atoms with E-state index in [1.165, 1.54) is 23.5 Å². The molecule has 2 N–H and O–H groups in total. The van der Waals surface area contributed by atoms with Gasteiger partial charge < -0.3 is 10.4 Å². The van der Waals surface area contributed by atoms with Gasteiger partial charge in [0.2, 0.25) is 0 Å². The Bertz CT molecular complexity index is 950. The Labute approximate surface area is 158 Å². The fourth-order valence-corrected chi connectivity index (χ4v) is 4.03. The molecule has 0 radical (unpaired) electrons. The van der Waals surface area contributed by atoms with E-state index in [1.807, 2.05) is 24.3 Å². The second-order valence-electron chi connectivity index (χ2n) is 6.19. The van der Waals surface area contributed by atoms with Gasteiger partial charge in [0.15, 0.2) is 0 Å². The molecule has 27 heavy (non-hydrogen) atoms. The molecular weight excluding hydrogens is 375 g/mol. The van der Waals surface area contributed by atoms with Crippen molar-refractivity contribution >= 4 is 27.4 Å². The van der Waals surface area contributed by atoms with Gasteiger partial charge in [-0.1, -0.05) is 30.3 Å². The van der Waals surface area contributed by atoms with Crippen LogP contribution in [0.4, 0.5) is 13.2 Å². The fourth-order valence-electron chi connectivity index (χ4n) is 2.87. The van der Waals surface area contributed by atoms with Crippen molar-refractivity contribution < 1.29 is 23.1 Å². The first kappa shape index (κ1) is 19.4. The molecule has 0 aliphatic carbocycles. The van der Waals surface area contributed by atoms with E-state index >= 15 is 0 Å². The summed E-state index contributed by atoms with van der Waals surface area (Å²) in [5.41, 5.74) is 0.660. The first-order chi connectivity index (χ1) is 12.8. The highest BCUT2D eigenvalue weighted by Gasteiger charge is 2.30. The maximum atomic E-state index is 13.0. The van der Waals surface area contributed by atoms with Gasteiger partial charge in [-0.3, -0.25) is 4.79 Å². The number of alkyl halides is 3. The summed E-state index contributed by atoms with van der Waals surface area (Å²) in [5, 5.41) is 12.8. The second-order valence-corrected chi connectivity index (χ2v) is 7.33. The number of hydrogen-bond donors (Lipinski definition) is 2. The summed E-state index contributed by atoms with van der Waals surface area (Å²) in [5.74, 6) is -0.815. The fraction of sp³-hybridized carbons (Fsp3) is 0.250. The van der Waals surface area contributed by atoms with E-state index in [0.717, 1.165) is 26.6 Å². The Kier molecular flexibility index (Phi) is 5.82. The van der Waals surface area contributed by atoms with Crippen molar-refractivity contribution in [2.45, 2.75) is 25.6 Å². The third-order valence-electron chi connectivity index (χ3n) is 4.14. The lowest BCUT2D eigenvalue weighted by atomic mass is 10.0. The van der Waals surface area contributed by atoms with E-state index in [1.54, 1.807) is 6.07 Å². The van der Waals surface area contributed by atoms with Gasteiger partial charge in [-0.2, -0.15) is 13.2 Å². The molecule has 1 heterocycles. The first-order valence-electron chi connectivity index (χ1n) is 8.46. The Balaban J connectivity index is 1.81. The molecule has 0 saturated heterocycles. The zero-order valence-corrected chi connectivity index (χ0v) is 15.2. The van der Waals surface area contributed by atoms with Crippen molar-refractivity contribution in [1.82, 2.24) is 5.32 Å². The third kappa shape index (κ3) is 4.87. The topological polar surface area (TPSA) is 49.3 Å². The molecule has 3 aromatic rings. The maximum Gasteiger partial charge on any atom is 0.416 e. The SMILES string of the molecule is O=C(O)CCCNCc1cc2cccc(-c3cccc(C(F)(F)F)c3)c2s1. The molecular formula is C20H18F3NO2S. The highest BCUT2D eigenvalue weighted by Crippen LogP contribution is 2.37. The standard InChI is InChI=1S/C20H18F3NO2S/c21-20(22,23)15-6-1-4-13(10-15)17-7-2-5-14-11-16(27-19(14)17)12-24-9-3-8-18(25)26/h1-2,4-7,10-11,24H,3,8-9,12H2,(H,25,26). The van der Waals surface area contributed by atoms with E-state index < -0.39 is 17.7 Å². The van der Waals surface area contributed by atoms with Gasteiger partial charge in [0, 0.05) is 22.5 Å². The summed E-state index contributed by atoms with van der Waals surface area (Å²) >= 11 is 1.54. The number of carboxylic acid groups (broad SMARTS) is 1. The van der Waals surface area contributed by atoms with Crippen LogP contribution in [-0.4, -0.2) is 17.6 Å². The molecule has 3 nitrogen and oxygen atoms in total. The molecule has 0 amide bonds. The number of benzene rings is 2. The minimum absolute atomic E-state index is 0.124. The quantitative estimate of drug-likeness (QED) is 0.518. The van der Waals surface area contributed by atoms with Crippen LogP contribution in [0, 0.1) is 0 Å². The summed E-state index contributed by atoms with van der Waals surface area (Å²) in [6.45, 7) is 1.20. The van der Waals surface area contributed by atoms with Gasteiger partial charge in [0.25, 0.3) is 0 Å². The third-order valence-corrected chi connectivity index (χ3v) is 5.32. The predicted molar refractivity (Wildman–Crippen MR) is 101 cm³/mol. The molecule has 0 bridgehead atoms. The molecule has 0 spiro atoms. The molecule has 0 saturated carbocycles. The Hall–Kier alpha value is -2.38. The van der Waals surface area contributed by atoms with E-state index in [4.69, 9.17) is 5.11 Å². The molecule has 142 valence electrons. The van der Waals surface area contributed by atoms with E-state index in [-0.39, 0.29) is 6.42 Å². The van der Waals surface area contributed by atoms with Crippen molar-refractivity contribution in [1.29, 1.82) is 0 Å². The minimum Gasteiger partial charge on any atom is -0.481 e. The molecule has 0 unspecified atom stereocenters. The summed E-state index contributed by atoms with van der Waals surface area (Å²) < 4.78 is 40.0. The normalized spacial score (nSPS) is 11.8. The molecule has 0 aliphatic rings. The van der Waals surface area contributed by atoms with Crippen LogP contribution in [0.15, 0.2) is 48.5 Å². The van der Waals surface area contributed by atoms with Crippen LogP contribution < -0.4 is 5.32 Å². The Morgan fingerprint density at radius 3 is 2.63 bits per heavy atom. The number of fused-ring (bicyclic) bond motifs is 1. The Morgan fingerprint density at radius 1 is 1.11 bits per heavy atom. The van der Waals surface area contributed by atoms with Crippen molar-refractivity contribution in [3.63, 3.8) is 0 Å². The second kappa shape index (κ2) is 8.10. The number of thiophene rings is 1. The largest absolute Gasteiger partial charge is 0.481 e. The molecule has 7 heteroatoms. The number of carbonyl (C=O) groups is 1. The van der Waals surface area contributed by atoms with Crippen LogP contribution in [0.5, 0.6) is 0 Å². The highest BCUT2D eigenvalue weighted by atomic mass is 32.1. The number of carboxylic acids is 1.